The van der Waals surface area contributed by atoms with E-state index in [1.807, 2.05) is 12.1 Å². The first-order valence-corrected chi connectivity index (χ1v) is 12.1. The molecular formula is C22H34O3Si. The van der Waals surface area contributed by atoms with Gasteiger partial charge < -0.3 is 9.16 Å². The lowest BCUT2D eigenvalue weighted by atomic mass is 9.97. The average molecular weight is 375 g/mol. The third kappa shape index (κ3) is 6.26. The fourth-order valence-corrected chi connectivity index (χ4v) is 3.66. The van der Waals surface area contributed by atoms with Crippen LogP contribution in [0.5, 0.6) is 0 Å². The maximum atomic E-state index is 11.5. The molecule has 1 aromatic carbocycles. The number of hydrogen-bond acceptors (Lipinski definition) is 3. The molecule has 0 saturated heterocycles. The van der Waals surface area contributed by atoms with Gasteiger partial charge >= 0.3 is 5.97 Å². The lowest BCUT2D eigenvalue weighted by Crippen LogP contribution is -2.42. The smallest absolute Gasteiger partial charge is 0.333 e. The van der Waals surface area contributed by atoms with Crippen LogP contribution in [0.25, 0.3) is 0 Å². The molecule has 26 heavy (non-hydrogen) atoms. The highest BCUT2D eigenvalue weighted by atomic mass is 28.4. The van der Waals surface area contributed by atoms with Gasteiger partial charge in [-0.3, -0.25) is 0 Å². The Balaban J connectivity index is 3.08. The average Bonchev–Trinajstić information content (AvgIpc) is 2.58. The van der Waals surface area contributed by atoms with E-state index in [1.165, 1.54) is 12.7 Å². The summed E-state index contributed by atoms with van der Waals surface area (Å²) < 4.78 is 11.5. The molecule has 144 valence electrons. The van der Waals surface area contributed by atoms with Crippen molar-refractivity contribution >= 4 is 14.3 Å². The Kier molecular flexibility index (Phi) is 8.04. The highest BCUT2D eigenvalue weighted by Gasteiger charge is 2.40. The minimum absolute atomic E-state index is 0.0137. The van der Waals surface area contributed by atoms with Crippen molar-refractivity contribution in [3.05, 3.63) is 59.7 Å². The van der Waals surface area contributed by atoms with E-state index in [9.17, 15) is 4.79 Å². The highest BCUT2D eigenvalue weighted by Crippen LogP contribution is 2.41. The molecule has 0 fully saturated rings. The molecule has 0 heterocycles. The molecule has 0 unspecified atom stereocenters. The number of ether oxygens (including phenoxy) is 1. The van der Waals surface area contributed by atoms with Crippen LogP contribution in [0.15, 0.2) is 54.1 Å². The molecule has 0 radical (unpaired) electrons. The van der Waals surface area contributed by atoms with Crippen LogP contribution >= 0.6 is 0 Å². The lowest BCUT2D eigenvalue weighted by molar-refractivity contribution is -0.136. The molecule has 0 bridgehead atoms. The zero-order chi connectivity index (χ0) is 20.0. The summed E-state index contributed by atoms with van der Waals surface area (Å²) in [5, 5.41) is 0.144. The van der Waals surface area contributed by atoms with Gasteiger partial charge in [-0.05, 0) is 30.6 Å². The number of carbonyl (C=O) groups excluding carboxylic acids is 1. The van der Waals surface area contributed by atoms with E-state index in [1.54, 1.807) is 13.0 Å². The van der Waals surface area contributed by atoms with Crippen LogP contribution in [0.1, 0.15) is 46.3 Å². The minimum Gasteiger partial charge on any atom is -0.466 e. The Labute approximate surface area is 160 Å². The quantitative estimate of drug-likeness (QED) is 0.252. The molecule has 0 aliphatic rings. The summed E-state index contributed by atoms with van der Waals surface area (Å²) in [6.45, 7) is 15.2. The fraction of sp³-hybridized carbons (Fsp3) is 0.500. The van der Waals surface area contributed by atoms with Crippen molar-refractivity contribution in [2.75, 3.05) is 7.11 Å². The Hall–Kier alpha value is -1.65. The van der Waals surface area contributed by atoms with E-state index < -0.39 is 8.32 Å². The van der Waals surface area contributed by atoms with Gasteiger partial charge in [0.25, 0.3) is 0 Å². The third-order valence-electron chi connectivity index (χ3n) is 5.10. The number of benzene rings is 1. The van der Waals surface area contributed by atoms with Gasteiger partial charge in [0.1, 0.15) is 0 Å². The predicted molar refractivity (Wildman–Crippen MR) is 112 cm³/mol. The van der Waals surface area contributed by atoms with E-state index in [0.29, 0.717) is 5.57 Å². The van der Waals surface area contributed by atoms with Gasteiger partial charge in [0, 0.05) is 11.5 Å². The van der Waals surface area contributed by atoms with Crippen molar-refractivity contribution in [2.24, 2.45) is 5.92 Å². The molecule has 0 saturated carbocycles. The third-order valence-corrected chi connectivity index (χ3v) is 9.56. The molecule has 4 heteroatoms. The normalized spacial score (nSPS) is 15.8. The van der Waals surface area contributed by atoms with Gasteiger partial charge in [-0.25, -0.2) is 4.79 Å². The Morgan fingerprint density at radius 2 is 1.73 bits per heavy atom. The molecule has 0 aromatic heterocycles. The Morgan fingerprint density at radius 3 is 2.23 bits per heavy atom. The van der Waals surface area contributed by atoms with Gasteiger partial charge in [0.05, 0.1) is 13.2 Å². The van der Waals surface area contributed by atoms with Crippen molar-refractivity contribution in [2.45, 2.75) is 58.9 Å². The molecule has 0 aliphatic heterocycles. The summed E-state index contributed by atoms with van der Waals surface area (Å²) in [5.41, 5.74) is 1.76. The largest absolute Gasteiger partial charge is 0.466 e. The topological polar surface area (TPSA) is 35.5 Å². The Morgan fingerprint density at radius 1 is 1.15 bits per heavy atom. The van der Waals surface area contributed by atoms with E-state index in [0.717, 1.165) is 0 Å². The van der Waals surface area contributed by atoms with Crippen LogP contribution in [-0.4, -0.2) is 21.4 Å². The van der Waals surface area contributed by atoms with Crippen LogP contribution in [-0.2, 0) is 14.0 Å². The second-order valence-corrected chi connectivity index (χ2v) is 13.1. The van der Waals surface area contributed by atoms with Crippen LogP contribution in [0.2, 0.25) is 18.1 Å². The first-order chi connectivity index (χ1) is 12.0. The van der Waals surface area contributed by atoms with Crippen molar-refractivity contribution in [1.29, 1.82) is 0 Å². The summed E-state index contributed by atoms with van der Waals surface area (Å²) in [6, 6.07) is 10.4. The second-order valence-electron chi connectivity index (χ2n) is 8.29. The fourth-order valence-electron chi connectivity index (χ4n) is 2.32. The van der Waals surface area contributed by atoms with E-state index in [2.05, 4.69) is 71.1 Å². The summed E-state index contributed by atoms with van der Waals surface area (Å²) in [6.07, 6.45) is 5.79. The van der Waals surface area contributed by atoms with Crippen molar-refractivity contribution < 1.29 is 14.0 Å². The zero-order valence-corrected chi connectivity index (χ0v) is 18.5. The monoisotopic (exact) mass is 374 g/mol. The standard InChI is InChI=1S/C22H34O3Si/c1-17(13-12-14-18(2)21(23)24-6)20(19-15-10-9-11-16-19)25-26(7,8)22(3,4)5/h9-17,20H,1-8H3/b13-12+,18-14+/t17-,20+/m1/s1. The van der Waals surface area contributed by atoms with Crippen LogP contribution in [0, 0.1) is 5.92 Å². The molecule has 1 aromatic rings. The Bertz CT molecular complexity index is 639. The van der Waals surface area contributed by atoms with Crippen LogP contribution in [0.3, 0.4) is 0 Å². The second kappa shape index (κ2) is 9.33. The number of methoxy groups -OCH3 is 1. The maximum Gasteiger partial charge on any atom is 0.333 e. The van der Waals surface area contributed by atoms with Gasteiger partial charge in [-0.2, -0.15) is 0 Å². The van der Waals surface area contributed by atoms with E-state index in [4.69, 9.17) is 9.16 Å². The SMILES string of the molecule is COC(=O)/C(C)=C/C=C/[C@@H](C)[C@H](O[Si](C)(C)C(C)(C)C)c1ccccc1. The number of hydrogen-bond donors (Lipinski definition) is 0. The molecule has 1 rings (SSSR count). The number of esters is 1. The van der Waals surface area contributed by atoms with Crippen LogP contribution < -0.4 is 0 Å². The minimum atomic E-state index is -1.92. The van der Waals surface area contributed by atoms with Crippen molar-refractivity contribution in [1.82, 2.24) is 0 Å². The molecular weight excluding hydrogens is 340 g/mol. The molecule has 0 amide bonds. The number of rotatable bonds is 7. The van der Waals surface area contributed by atoms with Gasteiger partial charge in [0.2, 0.25) is 0 Å². The first-order valence-electron chi connectivity index (χ1n) is 9.16. The zero-order valence-electron chi connectivity index (χ0n) is 17.5. The molecule has 2 atom stereocenters. The van der Waals surface area contributed by atoms with E-state index >= 15 is 0 Å². The van der Waals surface area contributed by atoms with Gasteiger partial charge in [-0.1, -0.05) is 76.3 Å². The van der Waals surface area contributed by atoms with Crippen LogP contribution in [0.4, 0.5) is 0 Å². The molecule has 3 nitrogen and oxygen atoms in total. The van der Waals surface area contributed by atoms with E-state index in [-0.39, 0.29) is 23.0 Å². The van der Waals surface area contributed by atoms with Gasteiger partial charge in [0.15, 0.2) is 8.32 Å². The molecule has 0 N–H and O–H groups in total. The summed E-state index contributed by atoms with van der Waals surface area (Å²) in [4.78, 5) is 11.5. The first kappa shape index (κ1) is 22.4. The molecule has 0 aliphatic carbocycles. The van der Waals surface area contributed by atoms with Gasteiger partial charge in [-0.15, -0.1) is 0 Å². The number of allylic oxidation sites excluding steroid dienone is 2. The predicted octanol–water partition coefficient (Wildman–Crippen LogP) is 6.06. The summed E-state index contributed by atoms with van der Waals surface area (Å²) >= 11 is 0. The summed E-state index contributed by atoms with van der Waals surface area (Å²) in [5.74, 6) is -0.132. The molecule has 0 spiro atoms. The lowest BCUT2D eigenvalue weighted by Gasteiger charge is -2.40. The van der Waals surface area contributed by atoms with Crippen molar-refractivity contribution in [3.8, 4) is 0 Å². The maximum absolute atomic E-state index is 11.5. The van der Waals surface area contributed by atoms with Crippen molar-refractivity contribution in [3.63, 3.8) is 0 Å². The number of carbonyl (C=O) groups is 1. The summed E-state index contributed by atoms with van der Waals surface area (Å²) in [7, 11) is -0.528. The highest BCUT2D eigenvalue weighted by molar-refractivity contribution is 6.74.